The number of rotatable bonds is 7. The van der Waals surface area contributed by atoms with Gasteiger partial charge >= 0.3 is 0 Å². The van der Waals surface area contributed by atoms with Crippen molar-refractivity contribution in [2.45, 2.75) is 20.3 Å². The molecule has 1 radical (unpaired) electrons. The third-order valence-corrected chi connectivity index (χ3v) is 3.35. The first-order valence-electron chi connectivity index (χ1n) is 5.88. The Morgan fingerprint density at radius 2 is 2.06 bits per heavy atom. The van der Waals surface area contributed by atoms with Crippen molar-refractivity contribution in [3.63, 3.8) is 0 Å². The molecule has 0 saturated carbocycles. The monoisotopic (exact) mass is 265 g/mol. The Hall–Kier alpha value is -1.29. The first-order valence-corrected chi connectivity index (χ1v) is 6.87. The van der Waals surface area contributed by atoms with Crippen LogP contribution < -0.4 is 4.74 Å². The van der Waals surface area contributed by atoms with Crippen LogP contribution in [0.15, 0.2) is 24.3 Å². The highest BCUT2D eigenvalue weighted by Gasteiger charge is 2.11. The predicted octanol–water partition coefficient (Wildman–Crippen LogP) is 2.63. The number of hydrogen-bond donors (Lipinski definition) is 0. The second kappa shape index (κ2) is 7.93. The van der Waals surface area contributed by atoms with Gasteiger partial charge in [-0.05, 0) is 31.0 Å². The van der Waals surface area contributed by atoms with Gasteiger partial charge in [0.15, 0.2) is 5.12 Å². The Balaban J connectivity index is 2.53. The van der Waals surface area contributed by atoms with E-state index in [4.69, 9.17) is 4.74 Å². The van der Waals surface area contributed by atoms with Crippen LogP contribution in [0.1, 0.15) is 19.4 Å². The molecule has 1 atom stereocenters. The van der Waals surface area contributed by atoms with E-state index in [0.717, 1.165) is 11.3 Å². The SMILES string of the molecule is CCOc1ccc(CC([C]=O)CSC(C)=O)cc1. The van der Waals surface area contributed by atoms with Crippen molar-refractivity contribution >= 4 is 23.2 Å². The highest BCUT2D eigenvalue weighted by atomic mass is 32.2. The topological polar surface area (TPSA) is 43.4 Å². The van der Waals surface area contributed by atoms with Crippen LogP contribution in [0.5, 0.6) is 5.75 Å². The summed E-state index contributed by atoms with van der Waals surface area (Å²) in [6.07, 6.45) is 2.60. The molecule has 4 heteroatoms. The number of carbonyl (C=O) groups excluding carboxylic acids is 2. The van der Waals surface area contributed by atoms with E-state index in [9.17, 15) is 9.59 Å². The van der Waals surface area contributed by atoms with Crippen LogP contribution in [0.2, 0.25) is 0 Å². The van der Waals surface area contributed by atoms with Crippen LogP contribution >= 0.6 is 11.8 Å². The standard InChI is InChI=1S/C14H17O3S/c1-3-17-14-6-4-12(5-7-14)8-13(9-15)10-18-11(2)16/h4-7,13H,3,8,10H2,1-2H3. The molecule has 0 spiro atoms. The quantitative estimate of drug-likeness (QED) is 0.760. The summed E-state index contributed by atoms with van der Waals surface area (Å²) in [7, 11) is 0. The molecule has 0 aromatic heterocycles. The lowest BCUT2D eigenvalue weighted by molar-refractivity contribution is -0.109. The third-order valence-electron chi connectivity index (χ3n) is 2.37. The summed E-state index contributed by atoms with van der Waals surface area (Å²) >= 11 is 1.17. The molecule has 0 N–H and O–H groups in total. The van der Waals surface area contributed by atoms with Crippen LogP contribution in [0.25, 0.3) is 0 Å². The van der Waals surface area contributed by atoms with E-state index in [-0.39, 0.29) is 11.0 Å². The fraction of sp³-hybridized carbons (Fsp3) is 0.429. The maximum Gasteiger partial charge on any atom is 0.202 e. The Bertz CT molecular complexity index is 387. The Morgan fingerprint density at radius 1 is 1.39 bits per heavy atom. The van der Waals surface area contributed by atoms with Gasteiger partial charge in [-0.2, -0.15) is 0 Å². The highest BCUT2D eigenvalue weighted by molar-refractivity contribution is 8.13. The Labute approximate surface area is 112 Å². The number of hydrogen-bond acceptors (Lipinski definition) is 4. The fourth-order valence-electron chi connectivity index (χ4n) is 1.53. The molecule has 0 fully saturated rings. The molecule has 0 amide bonds. The third kappa shape index (κ3) is 5.36. The van der Waals surface area contributed by atoms with Gasteiger partial charge in [0.25, 0.3) is 0 Å². The van der Waals surface area contributed by atoms with E-state index in [2.05, 4.69) is 0 Å². The zero-order chi connectivity index (χ0) is 13.4. The smallest absolute Gasteiger partial charge is 0.202 e. The number of thioether (sulfide) groups is 1. The second-order valence-electron chi connectivity index (χ2n) is 3.90. The summed E-state index contributed by atoms with van der Waals surface area (Å²) in [6.45, 7) is 4.08. The summed E-state index contributed by atoms with van der Waals surface area (Å²) < 4.78 is 5.34. The molecule has 1 aromatic rings. The number of carbonyl (C=O) groups is 1. The van der Waals surface area contributed by atoms with Gasteiger partial charge in [0, 0.05) is 18.6 Å². The second-order valence-corrected chi connectivity index (χ2v) is 5.10. The fourth-order valence-corrected chi connectivity index (χ4v) is 2.15. The van der Waals surface area contributed by atoms with Crippen molar-refractivity contribution in [1.82, 2.24) is 0 Å². The minimum Gasteiger partial charge on any atom is -0.494 e. The predicted molar refractivity (Wildman–Crippen MR) is 73.6 cm³/mol. The van der Waals surface area contributed by atoms with Crippen molar-refractivity contribution in [3.8, 4) is 5.75 Å². The zero-order valence-corrected chi connectivity index (χ0v) is 11.5. The van der Waals surface area contributed by atoms with Gasteiger partial charge in [0.05, 0.1) is 6.61 Å². The molecule has 3 nitrogen and oxygen atoms in total. The van der Waals surface area contributed by atoms with Crippen molar-refractivity contribution in [1.29, 1.82) is 0 Å². The summed E-state index contributed by atoms with van der Waals surface area (Å²) in [5, 5.41) is 0.0296. The van der Waals surface area contributed by atoms with Crippen LogP contribution in [0.3, 0.4) is 0 Å². The molecule has 0 aliphatic rings. The summed E-state index contributed by atoms with van der Waals surface area (Å²) in [5.74, 6) is 1.08. The van der Waals surface area contributed by atoms with Crippen LogP contribution in [-0.4, -0.2) is 23.8 Å². The van der Waals surface area contributed by atoms with E-state index in [1.165, 1.54) is 18.7 Å². The van der Waals surface area contributed by atoms with Crippen molar-refractivity contribution in [2.75, 3.05) is 12.4 Å². The maximum absolute atomic E-state index is 10.8. The average Bonchev–Trinajstić information content (AvgIpc) is 2.36. The molecular weight excluding hydrogens is 248 g/mol. The molecule has 1 aromatic carbocycles. The minimum atomic E-state index is -0.239. The molecule has 18 heavy (non-hydrogen) atoms. The van der Waals surface area contributed by atoms with E-state index >= 15 is 0 Å². The van der Waals surface area contributed by atoms with E-state index in [1.54, 1.807) is 0 Å². The lowest BCUT2D eigenvalue weighted by atomic mass is 10.0. The van der Waals surface area contributed by atoms with E-state index < -0.39 is 0 Å². The van der Waals surface area contributed by atoms with E-state index in [1.807, 2.05) is 37.5 Å². The molecule has 97 valence electrons. The van der Waals surface area contributed by atoms with Gasteiger partial charge in [-0.3, -0.25) is 9.59 Å². The van der Waals surface area contributed by atoms with Crippen molar-refractivity contribution in [2.24, 2.45) is 5.92 Å². The van der Waals surface area contributed by atoms with Gasteiger partial charge in [-0.15, -0.1) is 0 Å². The molecular formula is C14H17O3S. The molecule has 0 saturated heterocycles. The number of ether oxygens (including phenoxy) is 1. The molecule has 0 aliphatic carbocycles. The summed E-state index contributed by atoms with van der Waals surface area (Å²) in [5.41, 5.74) is 1.05. The van der Waals surface area contributed by atoms with Crippen molar-refractivity contribution in [3.05, 3.63) is 29.8 Å². The van der Waals surface area contributed by atoms with Gasteiger partial charge in [0.1, 0.15) is 5.75 Å². The van der Waals surface area contributed by atoms with E-state index in [0.29, 0.717) is 18.8 Å². The first kappa shape index (κ1) is 14.8. The van der Waals surface area contributed by atoms with Crippen LogP contribution in [0.4, 0.5) is 0 Å². The average molecular weight is 265 g/mol. The van der Waals surface area contributed by atoms with Gasteiger partial charge < -0.3 is 4.74 Å². The van der Waals surface area contributed by atoms with Gasteiger partial charge in [-0.25, -0.2) is 0 Å². The molecule has 1 unspecified atom stereocenters. The molecule has 0 heterocycles. The molecule has 1 rings (SSSR count). The van der Waals surface area contributed by atoms with Gasteiger partial charge in [-0.1, -0.05) is 23.9 Å². The zero-order valence-electron chi connectivity index (χ0n) is 10.6. The normalized spacial score (nSPS) is 11.9. The Morgan fingerprint density at radius 3 is 2.56 bits per heavy atom. The molecule has 0 aliphatic heterocycles. The number of benzene rings is 1. The lowest BCUT2D eigenvalue weighted by Gasteiger charge is -2.09. The Kier molecular flexibility index (Phi) is 6.50. The summed E-state index contributed by atoms with van der Waals surface area (Å²) in [4.78, 5) is 21.7. The van der Waals surface area contributed by atoms with Crippen LogP contribution in [0, 0.1) is 5.92 Å². The highest BCUT2D eigenvalue weighted by Crippen LogP contribution is 2.17. The molecule has 0 bridgehead atoms. The minimum absolute atomic E-state index is 0.0296. The van der Waals surface area contributed by atoms with Crippen molar-refractivity contribution < 1.29 is 14.3 Å². The maximum atomic E-state index is 10.8. The lowest BCUT2D eigenvalue weighted by Crippen LogP contribution is -2.10. The van der Waals surface area contributed by atoms with Crippen LogP contribution in [-0.2, 0) is 16.0 Å². The van der Waals surface area contributed by atoms with Gasteiger partial charge in [0.2, 0.25) is 6.29 Å². The first-order chi connectivity index (χ1) is 8.65. The largest absolute Gasteiger partial charge is 0.494 e. The summed E-state index contributed by atoms with van der Waals surface area (Å²) in [6, 6.07) is 7.65.